The fourth-order valence-electron chi connectivity index (χ4n) is 3.13. The van der Waals surface area contributed by atoms with Gasteiger partial charge in [-0.1, -0.05) is 19.1 Å². The minimum atomic E-state index is 0.299. The largest absolute Gasteiger partial charge is 0.496 e. The van der Waals surface area contributed by atoms with Crippen LogP contribution in [0.2, 0.25) is 0 Å². The minimum Gasteiger partial charge on any atom is -0.496 e. The predicted molar refractivity (Wildman–Crippen MR) is 96.8 cm³/mol. The van der Waals surface area contributed by atoms with E-state index in [0.717, 1.165) is 35.2 Å². The average molecular weight is 338 g/mol. The van der Waals surface area contributed by atoms with Crippen LogP contribution in [0.3, 0.4) is 0 Å². The lowest BCUT2D eigenvalue weighted by atomic mass is 9.94. The van der Waals surface area contributed by atoms with Crippen LogP contribution in [0.4, 0.5) is 5.69 Å². The standard InChI is InChI=1S/C17H21ClNO2P/c1-3-7-21-15-8-13-16(11(9-18)10-19(13)22)17-12(15)5-4-6-14(17)20-2/h4-6,8,11H,3,7,9-10,22H2,1-2H3/t11-/m1/s1. The van der Waals surface area contributed by atoms with E-state index in [0.29, 0.717) is 18.4 Å². The maximum absolute atomic E-state index is 6.21. The lowest BCUT2D eigenvalue weighted by Gasteiger charge is -2.18. The second kappa shape index (κ2) is 6.52. The number of fused-ring (bicyclic) bond motifs is 3. The van der Waals surface area contributed by atoms with Crippen LogP contribution in [0, 0.1) is 0 Å². The first-order chi connectivity index (χ1) is 10.7. The van der Waals surface area contributed by atoms with Gasteiger partial charge in [0.25, 0.3) is 0 Å². The van der Waals surface area contributed by atoms with Crippen molar-refractivity contribution in [3.63, 3.8) is 0 Å². The Morgan fingerprint density at radius 3 is 2.86 bits per heavy atom. The van der Waals surface area contributed by atoms with Crippen LogP contribution < -0.4 is 14.1 Å². The van der Waals surface area contributed by atoms with Crippen LogP contribution in [0.1, 0.15) is 24.8 Å². The van der Waals surface area contributed by atoms with Crippen molar-refractivity contribution < 1.29 is 9.47 Å². The van der Waals surface area contributed by atoms with Gasteiger partial charge in [0.2, 0.25) is 0 Å². The summed E-state index contributed by atoms with van der Waals surface area (Å²) in [7, 11) is 4.50. The van der Waals surface area contributed by atoms with Gasteiger partial charge in [0.15, 0.2) is 0 Å². The highest BCUT2D eigenvalue weighted by molar-refractivity contribution is 7.19. The van der Waals surface area contributed by atoms with Crippen molar-refractivity contribution in [2.45, 2.75) is 19.3 Å². The molecule has 2 aromatic carbocycles. The Kier molecular flexibility index (Phi) is 4.65. The van der Waals surface area contributed by atoms with Crippen molar-refractivity contribution in [3.8, 4) is 11.5 Å². The third-order valence-electron chi connectivity index (χ3n) is 4.11. The average Bonchev–Trinajstić information content (AvgIpc) is 2.88. The maximum atomic E-state index is 6.21. The van der Waals surface area contributed by atoms with Gasteiger partial charge in [0.1, 0.15) is 11.5 Å². The highest BCUT2D eigenvalue weighted by Crippen LogP contribution is 2.49. The summed E-state index contributed by atoms with van der Waals surface area (Å²) in [4.78, 5) is 0. The molecule has 0 aliphatic carbocycles. The van der Waals surface area contributed by atoms with Gasteiger partial charge in [0, 0.05) is 40.9 Å². The molecule has 1 aliphatic rings. The molecule has 22 heavy (non-hydrogen) atoms. The molecule has 0 fully saturated rings. The van der Waals surface area contributed by atoms with Gasteiger partial charge in [-0.2, -0.15) is 0 Å². The highest BCUT2D eigenvalue weighted by atomic mass is 35.5. The van der Waals surface area contributed by atoms with Gasteiger partial charge in [-0.3, -0.25) is 0 Å². The van der Waals surface area contributed by atoms with Crippen molar-refractivity contribution in [3.05, 3.63) is 29.8 Å². The van der Waals surface area contributed by atoms with Gasteiger partial charge in [-0.15, -0.1) is 11.6 Å². The van der Waals surface area contributed by atoms with E-state index >= 15 is 0 Å². The van der Waals surface area contributed by atoms with Crippen LogP contribution in [-0.2, 0) is 0 Å². The molecule has 0 bridgehead atoms. The zero-order valence-electron chi connectivity index (χ0n) is 12.9. The molecule has 0 radical (unpaired) electrons. The summed E-state index contributed by atoms with van der Waals surface area (Å²) in [5.41, 5.74) is 2.43. The summed E-state index contributed by atoms with van der Waals surface area (Å²) < 4.78 is 13.8. The zero-order valence-corrected chi connectivity index (χ0v) is 14.8. The number of rotatable bonds is 5. The number of halogens is 1. The maximum Gasteiger partial charge on any atom is 0.129 e. The summed E-state index contributed by atoms with van der Waals surface area (Å²) in [5.74, 6) is 2.69. The topological polar surface area (TPSA) is 21.7 Å². The number of benzene rings is 2. The smallest absolute Gasteiger partial charge is 0.129 e. The molecule has 0 amide bonds. The van der Waals surface area contributed by atoms with Crippen LogP contribution >= 0.6 is 21.0 Å². The van der Waals surface area contributed by atoms with Crippen LogP contribution in [0.25, 0.3) is 10.8 Å². The summed E-state index contributed by atoms with van der Waals surface area (Å²) in [6, 6.07) is 8.24. The van der Waals surface area contributed by atoms with E-state index in [1.807, 2.05) is 12.1 Å². The molecule has 118 valence electrons. The van der Waals surface area contributed by atoms with Crippen LogP contribution in [-0.4, -0.2) is 26.1 Å². The van der Waals surface area contributed by atoms with Crippen molar-refractivity contribution in [2.24, 2.45) is 0 Å². The monoisotopic (exact) mass is 337 g/mol. The lowest BCUT2D eigenvalue weighted by molar-refractivity contribution is 0.321. The molecule has 1 heterocycles. The molecule has 2 atom stereocenters. The molecule has 0 saturated heterocycles. The van der Waals surface area contributed by atoms with Gasteiger partial charge in [-0.05, 0) is 27.4 Å². The normalized spacial score (nSPS) is 16.9. The molecule has 3 rings (SSSR count). The molecular weight excluding hydrogens is 317 g/mol. The summed E-state index contributed by atoms with van der Waals surface area (Å²) in [6.45, 7) is 3.72. The number of anilines is 1. The molecule has 0 spiro atoms. The van der Waals surface area contributed by atoms with E-state index in [1.165, 1.54) is 11.3 Å². The Morgan fingerprint density at radius 2 is 2.18 bits per heavy atom. The first-order valence-electron chi connectivity index (χ1n) is 7.55. The lowest BCUT2D eigenvalue weighted by Crippen LogP contribution is -2.09. The summed E-state index contributed by atoms with van der Waals surface area (Å²) >= 11 is 6.21. The van der Waals surface area contributed by atoms with E-state index in [-0.39, 0.29) is 0 Å². The SMILES string of the molecule is CCCOc1cc2c(c3c(OC)cccc13)[C@H](CCl)CN2P. The second-order valence-electron chi connectivity index (χ2n) is 5.54. The zero-order chi connectivity index (χ0) is 15.7. The molecule has 2 aromatic rings. The number of methoxy groups -OCH3 is 1. The van der Waals surface area contributed by atoms with E-state index in [2.05, 4.69) is 33.1 Å². The number of ether oxygens (including phenoxy) is 2. The van der Waals surface area contributed by atoms with Crippen molar-refractivity contribution in [2.75, 3.05) is 30.8 Å². The Bertz CT molecular complexity index is 692. The Morgan fingerprint density at radius 1 is 1.36 bits per heavy atom. The summed E-state index contributed by atoms with van der Waals surface area (Å²) in [6.07, 6.45) is 0.984. The number of alkyl halides is 1. The molecule has 0 aromatic heterocycles. The molecule has 0 saturated carbocycles. The first-order valence-corrected chi connectivity index (χ1v) is 8.61. The highest BCUT2D eigenvalue weighted by Gasteiger charge is 2.30. The van der Waals surface area contributed by atoms with Crippen molar-refractivity contribution >= 4 is 37.5 Å². The Labute approximate surface area is 138 Å². The molecule has 0 N–H and O–H groups in total. The van der Waals surface area contributed by atoms with Gasteiger partial charge in [-0.25, -0.2) is 0 Å². The van der Waals surface area contributed by atoms with Gasteiger partial charge in [0.05, 0.1) is 13.7 Å². The minimum absolute atomic E-state index is 0.299. The van der Waals surface area contributed by atoms with Crippen molar-refractivity contribution in [1.82, 2.24) is 0 Å². The first kappa shape index (κ1) is 15.7. The van der Waals surface area contributed by atoms with E-state index in [9.17, 15) is 0 Å². The molecule has 1 unspecified atom stereocenters. The Balaban J connectivity index is 2.30. The van der Waals surface area contributed by atoms with E-state index < -0.39 is 0 Å². The van der Waals surface area contributed by atoms with Gasteiger partial charge >= 0.3 is 0 Å². The van der Waals surface area contributed by atoms with Crippen molar-refractivity contribution in [1.29, 1.82) is 0 Å². The summed E-state index contributed by atoms with van der Waals surface area (Å²) in [5, 5.41) is 2.23. The fraction of sp³-hybridized carbons (Fsp3) is 0.412. The number of hydrogen-bond acceptors (Lipinski definition) is 3. The predicted octanol–water partition coefficient (Wildman–Crippen LogP) is 4.57. The van der Waals surface area contributed by atoms with Crippen LogP contribution in [0.5, 0.6) is 11.5 Å². The van der Waals surface area contributed by atoms with Gasteiger partial charge < -0.3 is 14.1 Å². The quantitative estimate of drug-likeness (QED) is 0.589. The van der Waals surface area contributed by atoms with Crippen LogP contribution in [0.15, 0.2) is 24.3 Å². The van der Waals surface area contributed by atoms with E-state index in [4.69, 9.17) is 21.1 Å². The fourth-order valence-corrected chi connectivity index (χ4v) is 3.85. The molecule has 3 nitrogen and oxygen atoms in total. The van der Waals surface area contributed by atoms with E-state index in [1.54, 1.807) is 7.11 Å². The third-order valence-corrected chi connectivity index (χ3v) is 4.97. The molecular formula is C17H21ClNO2P. The third kappa shape index (κ3) is 2.51. The second-order valence-corrected chi connectivity index (χ2v) is 6.47. The number of nitrogens with zero attached hydrogens (tertiary/aromatic N) is 1. The molecule has 1 aliphatic heterocycles. The molecule has 5 heteroatoms. The Hall–Kier alpha value is -1.18. The number of hydrogen-bond donors (Lipinski definition) is 0.